The van der Waals surface area contributed by atoms with E-state index in [2.05, 4.69) is 14.8 Å². The van der Waals surface area contributed by atoms with E-state index in [4.69, 9.17) is 0 Å². The average molecular weight is 283 g/mol. The van der Waals surface area contributed by atoms with Gasteiger partial charge in [0.25, 0.3) is 0 Å². The molecule has 1 aromatic heterocycles. The van der Waals surface area contributed by atoms with Crippen molar-refractivity contribution in [3.63, 3.8) is 0 Å². The second kappa shape index (κ2) is 6.42. The number of aryl methyl sites for hydroxylation is 1. The Labute approximate surface area is 114 Å². The molecule has 0 radical (unpaired) electrons. The first-order valence-electron chi connectivity index (χ1n) is 6.19. The molecule has 0 spiro atoms. The summed E-state index contributed by atoms with van der Waals surface area (Å²) in [5, 5.41) is 14.1. The molecule has 1 unspecified atom stereocenters. The topological polar surface area (TPSA) is 60.2 Å². The number of rotatable bonds is 6. The quantitative estimate of drug-likeness (QED) is 0.882. The number of aliphatic hydroxyl groups excluding tert-OH is 1. The van der Waals surface area contributed by atoms with Crippen LogP contribution in [0.5, 0.6) is 5.75 Å². The zero-order valence-corrected chi connectivity index (χ0v) is 10.9. The Morgan fingerprint density at radius 2 is 2.00 bits per heavy atom. The lowest BCUT2D eigenvalue weighted by Crippen LogP contribution is -2.09. The van der Waals surface area contributed by atoms with Gasteiger partial charge in [0.15, 0.2) is 0 Å². The summed E-state index contributed by atoms with van der Waals surface area (Å²) in [5.41, 5.74) is 0.609. The molecular formula is C13H15F2N3O2. The fourth-order valence-corrected chi connectivity index (χ4v) is 1.87. The van der Waals surface area contributed by atoms with Crippen molar-refractivity contribution in [2.75, 3.05) is 0 Å². The van der Waals surface area contributed by atoms with Gasteiger partial charge < -0.3 is 9.84 Å². The smallest absolute Gasteiger partial charge is 0.387 e. The van der Waals surface area contributed by atoms with Gasteiger partial charge in [0.2, 0.25) is 0 Å². The Bertz CT molecular complexity index is 543. The summed E-state index contributed by atoms with van der Waals surface area (Å²) < 4.78 is 30.0. The highest BCUT2D eigenvalue weighted by atomic mass is 19.3. The van der Waals surface area contributed by atoms with Crippen molar-refractivity contribution in [2.45, 2.75) is 32.6 Å². The van der Waals surface area contributed by atoms with Gasteiger partial charge in [-0.15, -0.1) is 0 Å². The largest absolute Gasteiger partial charge is 0.435 e. The monoisotopic (exact) mass is 283 g/mol. The van der Waals surface area contributed by atoms with Crippen LogP contribution in [0.25, 0.3) is 0 Å². The summed E-state index contributed by atoms with van der Waals surface area (Å²) in [6, 6.07) is 5.90. The molecule has 1 heterocycles. The lowest BCUT2D eigenvalue weighted by molar-refractivity contribution is -0.0498. The molecule has 0 bridgehead atoms. The van der Waals surface area contributed by atoms with E-state index < -0.39 is 12.7 Å². The molecule has 0 aliphatic heterocycles. The number of halogens is 2. The molecule has 5 nitrogen and oxygen atoms in total. The number of benzene rings is 1. The lowest BCUT2D eigenvalue weighted by Gasteiger charge is -2.12. The number of ether oxygens (including phenoxy) is 1. The van der Waals surface area contributed by atoms with Crippen LogP contribution in [0, 0.1) is 0 Å². The molecule has 2 aromatic rings. The van der Waals surface area contributed by atoms with Gasteiger partial charge in [-0.1, -0.05) is 12.1 Å². The summed E-state index contributed by atoms with van der Waals surface area (Å²) in [4.78, 5) is 4.08. The van der Waals surface area contributed by atoms with Crippen LogP contribution in [-0.4, -0.2) is 26.5 Å². The molecular weight excluding hydrogens is 268 g/mol. The third-order valence-electron chi connectivity index (χ3n) is 2.86. The third-order valence-corrected chi connectivity index (χ3v) is 2.86. The highest BCUT2D eigenvalue weighted by Gasteiger charge is 2.13. The summed E-state index contributed by atoms with van der Waals surface area (Å²) in [6.45, 7) is -0.251. The molecule has 2 rings (SSSR count). The van der Waals surface area contributed by atoms with Crippen LogP contribution in [0.15, 0.2) is 30.6 Å². The molecule has 7 heteroatoms. The number of nitrogens with zero attached hydrogens (tertiary/aromatic N) is 3. The van der Waals surface area contributed by atoms with Crippen molar-refractivity contribution in [3.05, 3.63) is 42.0 Å². The Morgan fingerprint density at radius 1 is 1.30 bits per heavy atom. The van der Waals surface area contributed by atoms with Gasteiger partial charge in [0, 0.05) is 13.0 Å². The highest BCUT2D eigenvalue weighted by Crippen LogP contribution is 2.21. The minimum Gasteiger partial charge on any atom is -0.435 e. The average Bonchev–Trinajstić information content (AvgIpc) is 2.86. The second-order valence-corrected chi connectivity index (χ2v) is 4.16. The standard InChI is InChI=1S/C13H15F2N3O2/c1-2-18-12(16-8-17-18)7-11(19)9-3-5-10(6-4-9)20-13(14)15/h3-6,8,11,13,19H,2,7H2,1H3. The molecule has 1 N–H and O–H groups in total. The SMILES string of the molecule is CCn1ncnc1CC(O)c1ccc(OC(F)F)cc1. The van der Waals surface area contributed by atoms with Crippen LogP contribution in [0.2, 0.25) is 0 Å². The molecule has 0 amide bonds. The second-order valence-electron chi connectivity index (χ2n) is 4.16. The summed E-state index contributed by atoms with van der Waals surface area (Å²) in [6.07, 6.45) is 0.971. The van der Waals surface area contributed by atoms with Crippen molar-refractivity contribution >= 4 is 0 Å². The predicted octanol–water partition coefficient (Wildman–Crippen LogP) is 2.18. The van der Waals surface area contributed by atoms with E-state index in [1.54, 1.807) is 16.8 Å². The lowest BCUT2D eigenvalue weighted by atomic mass is 10.1. The van der Waals surface area contributed by atoms with Gasteiger partial charge in [0.1, 0.15) is 17.9 Å². The van der Waals surface area contributed by atoms with E-state index in [-0.39, 0.29) is 5.75 Å². The number of aliphatic hydroxyl groups is 1. The van der Waals surface area contributed by atoms with Crippen LogP contribution in [0.1, 0.15) is 24.4 Å². The Balaban J connectivity index is 2.04. The van der Waals surface area contributed by atoms with Crippen molar-refractivity contribution < 1.29 is 18.6 Å². The Hall–Kier alpha value is -2.02. The van der Waals surface area contributed by atoms with Gasteiger partial charge in [0.05, 0.1) is 6.10 Å². The van der Waals surface area contributed by atoms with E-state index >= 15 is 0 Å². The van der Waals surface area contributed by atoms with Gasteiger partial charge in [-0.05, 0) is 24.6 Å². The van der Waals surface area contributed by atoms with E-state index in [0.717, 1.165) is 0 Å². The van der Waals surface area contributed by atoms with Crippen LogP contribution in [0.4, 0.5) is 8.78 Å². The van der Waals surface area contributed by atoms with E-state index in [0.29, 0.717) is 24.4 Å². The highest BCUT2D eigenvalue weighted by molar-refractivity contribution is 5.28. The minimum absolute atomic E-state index is 0.0627. The Morgan fingerprint density at radius 3 is 2.60 bits per heavy atom. The number of hydrogen-bond donors (Lipinski definition) is 1. The molecule has 0 saturated carbocycles. The molecule has 20 heavy (non-hydrogen) atoms. The van der Waals surface area contributed by atoms with E-state index in [9.17, 15) is 13.9 Å². The zero-order chi connectivity index (χ0) is 14.5. The number of alkyl halides is 2. The maximum Gasteiger partial charge on any atom is 0.387 e. The maximum absolute atomic E-state index is 12.0. The number of aromatic nitrogens is 3. The van der Waals surface area contributed by atoms with Crippen LogP contribution in [0.3, 0.4) is 0 Å². The molecule has 108 valence electrons. The predicted molar refractivity (Wildman–Crippen MR) is 67.4 cm³/mol. The molecule has 0 aliphatic rings. The maximum atomic E-state index is 12.0. The molecule has 0 saturated heterocycles. The molecule has 1 aromatic carbocycles. The van der Waals surface area contributed by atoms with Gasteiger partial charge in [-0.2, -0.15) is 13.9 Å². The van der Waals surface area contributed by atoms with Gasteiger partial charge >= 0.3 is 6.61 Å². The molecule has 0 aliphatic carbocycles. The van der Waals surface area contributed by atoms with Gasteiger partial charge in [-0.25, -0.2) is 4.98 Å². The fraction of sp³-hybridized carbons (Fsp3) is 0.385. The van der Waals surface area contributed by atoms with E-state index in [1.807, 2.05) is 6.92 Å². The van der Waals surface area contributed by atoms with E-state index in [1.165, 1.54) is 18.5 Å². The normalized spacial score (nSPS) is 12.7. The number of hydrogen-bond acceptors (Lipinski definition) is 4. The molecule has 0 fully saturated rings. The molecule has 1 atom stereocenters. The van der Waals surface area contributed by atoms with Crippen LogP contribution >= 0.6 is 0 Å². The van der Waals surface area contributed by atoms with Crippen molar-refractivity contribution in [1.82, 2.24) is 14.8 Å². The Kier molecular flexibility index (Phi) is 4.62. The van der Waals surface area contributed by atoms with Crippen molar-refractivity contribution in [1.29, 1.82) is 0 Å². The first kappa shape index (κ1) is 14.4. The zero-order valence-electron chi connectivity index (χ0n) is 10.9. The first-order chi connectivity index (χ1) is 9.60. The summed E-state index contributed by atoms with van der Waals surface area (Å²) >= 11 is 0. The summed E-state index contributed by atoms with van der Waals surface area (Å²) in [7, 11) is 0. The van der Waals surface area contributed by atoms with Crippen molar-refractivity contribution in [3.8, 4) is 5.75 Å². The minimum atomic E-state index is -2.85. The fourth-order valence-electron chi connectivity index (χ4n) is 1.87. The van der Waals surface area contributed by atoms with Gasteiger partial charge in [-0.3, -0.25) is 4.68 Å². The van der Waals surface area contributed by atoms with Crippen LogP contribution in [-0.2, 0) is 13.0 Å². The summed E-state index contributed by atoms with van der Waals surface area (Å²) in [5.74, 6) is 0.737. The van der Waals surface area contributed by atoms with Crippen LogP contribution < -0.4 is 4.74 Å². The first-order valence-corrected chi connectivity index (χ1v) is 6.19. The third kappa shape index (κ3) is 3.51. The van der Waals surface area contributed by atoms with Crippen molar-refractivity contribution in [2.24, 2.45) is 0 Å².